The van der Waals surface area contributed by atoms with Gasteiger partial charge >= 0.3 is 5.97 Å². The summed E-state index contributed by atoms with van der Waals surface area (Å²) in [5.41, 5.74) is 9.56. The van der Waals surface area contributed by atoms with Crippen molar-refractivity contribution in [2.24, 2.45) is 35.5 Å². The van der Waals surface area contributed by atoms with E-state index in [0.29, 0.717) is 159 Å². The van der Waals surface area contributed by atoms with Gasteiger partial charge in [0.05, 0.1) is 109 Å². The van der Waals surface area contributed by atoms with E-state index < -0.39 is 110 Å². The Morgan fingerprint density at radius 1 is 0.694 bits per heavy atom. The number of rotatable bonds is 40. The molecule has 2 amide bonds. The minimum absolute atomic E-state index is 0.0172. The van der Waals surface area contributed by atoms with E-state index in [9.17, 15) is 52.5 Å². The zero-order valence-corrected chi connectivity index (χ0v) is 83.6. The molecule has 1 aromatic heterocycles. The third-order valence-electron chi connectivity index (χ3n) is 25.0. The first-order chi connectivity index (χ1) is 64.2. The van der Waals surface area contributed by atoms with Crippen LogP contribution in [-0.2, 0) is 107 Å². The number of fused-ring (bicyclic) bond motifs is 4. The number of thiocarbonyl (C=S) groups is 1. The molecule has 134 heavy (non-hydrogen) atoms. The number of carbonyl (C=O) groups excluding carboxylic acids is 6. The predicted octanol–water partition coefficient (Wildman–Crippen LogP) is 13.6. The van der Waals surface area contributed by atoms with Crippen LogP contribution in [0.25, 0.3) is 11.1 Å². The fourth-order valence-electron chi connectivity index (χ4n) is 17.0. The number of nitrogen functional groups attached to an aromatic ring is 1. The smallest absolute Gasteiger partial charge is 0.329 e. The third-order valence-corrected chi connectivity index (χ3v) is 27.1. The first kappa shape index (κ1) is 115. The highest BCUT2D eigenvalue weighted by molar-refractivity contribution is 7.91. The predicted molar refractivity (Wildman–Crippen MR) is 512 cm³/mol. The van der Waals surface area contributed by atoms with Crippen molar-refractivity contribution >= 4 is 68.1 Å². The second kappa shape index (κ2) is 61.9. The van der Waals surface area contributed by atoms with Crippen molar-refractivity contribution < 1.29 is 128 Å². The molecule has 5 aliphatic rings. The lowest BCUT2D eigenvalue weighted by atomic mass is 9.78. The first-order valence-corrected chi connectivity index (χ1v) is 49.9. The summed E-state index contributed by atoms with van der Waals surface area (Å²) in [5.74, 6) is -8.11. The van der Waals surface area contributed by atoms with Crippen LogP contribution in [0.3, 0.4) is 0 Å². The number of benzene rings is 2. The van der Waals surface area contributed by atoms with Gasteiger partial charge in [-0.25, -0.2) is 22.6 Å². The quantitative estimate of drug-likeness (QED) is 0.0135. The molecule has 2 saturated heterocycles. The van der Waals surface area contributed by atoms with Crippen LogP contribution in [0.1, 0.15) is 206 Å². The van der Waals surface area contributed by atoms with Crippen LogP contribution in [0, 0.1) is 48.2 Å². The van der Waals surface area contributed by atoms with Gasteiger partial charge in [0.2, 0.25) is 5.79 Å². The molecule has 33 heteroatoms. The Kier molecular flexibility index (Phi) is 53.4. The van der Waals surface area contributed by atoms with Crippen LogP contribution in [0.5, 0.6) is 5.75 Å². The number of piperidine rings is 1. The number of hydrogen-bond donors (Lipinski definition) is 4. The molecule has 8 rings (SSSR count). The number of ketones is 3. The average molecular weight is 1920 g/mol. The number of Topliss-reactive ketones (excluding diaryl/α,β-unsaturated/α-hetero) is 3. The molecule has 2 aromatic carbocycles. The Bertz CT molecular complexity index is 4290. The first-order valence-electron chi connectivity index (χ1n) is 47.8. The Balaban J connectivity index is 0.000000368. The molecular formula is C101H155FN4O26S2. The zero-order valence-electron chi connectivity index (χ0n) is 82.0. The monoisotopic (exact) mass is 1920 g/mol. The SMILES string of the molecule is CCCOCCOCCOCCOCCOCCOCCC.COCCC(=O)CCCS(=O)(=O)c1ccc(C(=O)N2CCOc3ccc(-c4ccc(N)nc4)cc3C2)c(C)c1F.COCCCC(=S)O[C@@H]1CC[C@@H](C[C@@H](C)[C@@H]2C[C@@H](O)[C@H](C)/C=C(\C)[C@@H](O)[C@@H](OC)C(=O)[C@H](C)C[C@H](C)/C=C/C=C/C=C(\C)[C@@H](OC)C[C@@H]3CC[C@@H](C)[C@@](O)(O3)C(=O)C(=O)N3CCCC[C@H]3C(=O)O2)C[C@H]1OC. The summed E-state index contributed by atoms with van der Waals surface area (Å²) in [6.45, 7) is 27.9. The lowest BCUT2D eigenvalue weighted by Gasteiger charge is -2.43. The van der Waals surface area contributed by atoms with Gasteiger partial charge in [0.25, 0.3) is 17.6 Å². The number of allylic oxidation sites excluding steroid dienone is 5. The molecule has 3 aromatic rings. The Morgan fingerprint density at radius 3 is 1.96 bits per heavy atom. The number of ether oxygens (including phenoxy) is 15. The van der Waals surface area contributed by atoms with E-state index in [1.165, 1.54) is 32.1 Å². The van der Waals surface area contributed by atoms with Crippen LogP contribution in [0.2, 0.25) is 0 Å². The molecule has 5 N–H and O–H groups in total. The largest absolute Gasteiger partial charge is 0.491 e. The number of aliphatic hydroxyl groups is 3. The second-order valence-electron chi connectivity index (χ2n) is 35.6. The van der Waals surface area contributed by atoms with E-state index in [-0.39, 0.29) is 123 Å². The summed E-state index contributed by atoms with van der Waals surface area (Å²) in [7, 11) is 3.79. The minimum atomic E-state index is -3.99. The maximum Gasteiger partial charge on any atom is 0.329 e. The van der Waals surface area contributed by atoms with Gasteiger partial charge in [-0.2, -0.15) is 0 Å². The van der Waals surface area contributed by atoms with E-state index in [2.05, 4.69) is 18.8 Å². The fourth-order valence-corrected chi connectivity index (χ4v) is 18.7. The number of pyridine rings is 1. The van der Waals surface area contributed by atoms with Crippen molar-refractivity contribution in [2.75, 3.05) is 159 Å². The number of aliphatic hydroxyl groups excluding tert-OH is 2. The number of nitrogens with zero attached hydrogens (tertiary/aromatic N) is 3. The van der Waals surface area contributed by atoms with E-state index in [1.807, 2.05) is 82.3 Å². The van der Waals surface area contributed by atoms with Crippen molar-refractivity contribution in [3.05, 3.63) is 119 Å². The van der Waals surface area contributed by atoms with Gasteiger partial charge < -0.3 is 102 Å². The summed E-state index contributed by atoms with van der Waals surface area (Å²) in [4.78, 5) is 88.8. The number of halogens is 1. The third kappa shape index (κ3) is 38.2. The van der Waals surface area contributed by atoms with E-state index in [4.69, 9.17) is 89.0 Å². The molecule has 1 saturated carbocycles. The van der Waals surface area contributed by atoms with Crippen molar-refractivity contribution in [1.82, 2.24) is 14.8 Å². The van der Waals surface area contributed by atoms with Crippen LogP contribution >= 0.6 is 12.2 Å². The molecule has 4 aliphatic heterocycles. The fraction of sp³-hybridized carbons (Fsp3) is 0.683. The normalized spacial score (nSPS) is 26.5. The molecule has 754 valence electrons. The standard InChI is InChI=1S/C56H89NO14S.C29H32FN3O6S.C16H34O6/c1-34-18-13-12-14-19-35(2)46(66-9)32-42-24-22-40(7)56(64,71-42)53(61)54(62)57-26-16-15-20-43(57)55(63)70-47(33-44(58)36(3)29-39(6)51(60)52(68-11)50(59)38(5)28-34)37(4)30-41-23-25-45(48(31-41)67-10)69-49(72)21-17-27-65-8;1-19-24(7-9-26(28(19)30)40(36,37)15-3-4-23(34)11-13-38-2)29(35)33-12-14-39-25-8-5-20(16-22(25)18-33)21-6-10-27(31)32-17-21;1-3-5-17-7-9-19-11-13-21-15-16-22-14-12-20-10-8-18-6-4-2/h12-14,18-19,29,34,36-38,40-48,51-52,58,60,64H,15-17,20-28,30-33H2,1-11H3;5-10,16-17H,3-4,11-15,18H2,1-2H3,(H2,31,32);3-16H2,1-2H3/b14-12+,18-13+,35-19+,39-29+;;/t34-,36-,37-,38-,40-,41+,42+,43+,44-,45-,46+,47+,48-,51-,52+,56-;;/m1../s1. The molecule has 1 aliphatic carbocycles. The second-order valence-corrected chi connectivity index (χ2v) is 38.2. The van der Waals surface area contributed by atoms with Crippen LogP contribution in [0.15, 0.2) is 101 Å². The lowest BCUT2D eigenvalue weighted by molar-refractivity contribution is -0.265. The molecule has 0 spiro atoms. The van der Waals surface area contributed by atoms with Gasteiger partial charge in [0.15, 0.2) is 20.7 Å². The number of amides is 2. The summed E-state index contributed by atoms with van der Waals surface area (Å²) in [6, 6.07) is 10.6. The number of aromatic nitrogens is 1. The van der Waals surface area contributed by atoms with E-state index >= 15 is 4.39 Å². The molecule has 3 fully saturated rings. The number of methoxy groups -OCH3 is 5. The van der Waals surface area contributed by atoms with Crippen LogP contribution in [0.4, 0.5) is 10.2 Å². The van der Waals surface area contributed by atoms with Crippen molar-refractivity contribution in [2.45, 2.75) is 263 Å². The van der Waals surface area contributed by atoms with Gasteiger partial charge in [-0.1, -0.05) is 91.0 Å². The molecule has 2 bridgehead atoms. The van der Waals surface area contributed by atoms with Gasteiger partial charge in [-0.3, -0.25) is 24.0 Å². The summed E-state index contributed by atoms with van der Waals surface area (Å²) >= 11 is 5.54. The van der Waals surface area contributed by atoms with Crippen LogP contribution in [-0.4, -0.2) is 293 Å². The Morgan fingerprint density at radius 2 is 1.34 bits per heavy atom. The van der Waals surface area contributed by atoms with E-state index in [0.717, 1.165) is 67.2 Å². The number of nitrogens with two attached hydrogens (primary N) is 1. The maximum atomic E-state index is 15.4. The van der Waals surface area contributed by atoms with Gasteiger partial charge in [0.1, 0.15) is 65.1 Å². The summed E-state index contributed by atoms with van der Waals surface area (Å²) in [5, 5.41) is 36.0. The van der Waals surface area contributed by atoms with Crippen molar-refractivity contribution in [3.63, 3.8) is 0 Å². The number of carbonyl (C=O) groups is 6. The zero-order chi connectivity index (χ0) is 98.3. The molecule has 5 heterocycles. The molecule has 0 radical (unpaired) electrons. The lowest BCUT2D eigenvalue weighted by Crippen LogP contribution is -2.61. The summed E-state index contributed by atoms with van der Waals surface area (Å²) < 4.78 is 125. The van der Waals surface area contributed by atoms with Gasteiger partial charge in [-0.05, 0) is 199 Å². The van der Waals surface area contributed by atoms with Crippen molar-refractivity contribution in [1.29, 1.82) is 0 Å². The minimum Gasteiger partial charge on any atom is -0.491 e. The highest BCUT2D eigenvalue weighted by Gasteiger charge is 2.53. The van der Waals surface area contributed by atoms with Gasteiger partial charge in [0, 0.05) is 141 Å². The molecule has 16 atom stereocenters. The molecular weight excluding hydrogens is 1770 g/mol. The molecule has 30 nitrogen and oxygen atoms in total. The Labute approximate surface area is 800 Å². The van der Waals surface area contributed by atoms with Crippen molar-refractivity contribution in [3.8, 4) is 16.9 Å². The average Bonchev–Trinajstić information content (AvgIpc) is 0.880. The number of sulfone groups is 1. The van der Waals surface area contributed by atoms with Crippen LogP contribution < -0.4 is 10.5 Å². The highest BCUT2D eigenvalue weighted by atomic mass is 32.2. The number of anilines is 1. The Hall–Kier alpha value is -7.26. The van der Waals surface area contributed by atoms with E-state index in [1.54, 1.807) is 65.3 Å². The molecule has 0 unspecified atom stereocenters. The van der Waals surface area contributed by atoms with Gasteiger partial charge in [-0.15, -0.1) is 0 Å². The number of cyclic esters (lactones) is 1. The topological polar surface area (TPSA) is 381 Å². The number of hydrogen-bond acceptors (Lipinski definition) is 29. The number of esters is 1. The maximum absolute atomic E-state index is 15.4. The highest BCUT2D eigenvalue weighted by Crippen LogP contribution is 2.40. The summed E-state index contributed by atoms with van der Waals surface area (Å²) in [6.07, 6.45) is 17.0.